The van der Waals surface area contributed by atoms with Crippen LogP contribution in [0.3, 0.4) is 0 Å². The molecule has 3 rings (SSSR count). The number of aryl methyl sites for hydroxylation is 1. The summed E-state index contributed by atoms with van der Waals surface area (Å²) in [5.74, 6) is -0.117. The molecule has 1 aliphatic rings. The summed E-state index contributed by atoms with van der Waals surface area (Å²) in [6.07, 6.45) is 8.58. The molecule has 1 aromatic heterocycles. The van der Waals surface area contributed by atoms with Crippen LogP contribution in [-0.4, -0.2) is 12.5 Å². The van der Waals surface area contributed by atoms with Crippen molar-refractivity contribution in [3.63, 3.8) is 0 Å². The van der Waals surface area contributed by atoms with Gasteiger partial charge in [-0.05, 0) is 25.3 Å². The highest BCUT2D eigenvalue weighted by atomic mass is 16.5. The first kappa shape index (κ1) is 16.5. The molecular formula is C20H24N2O2. The van der Waals surface area contributed by atoms with E-state index in [0.717, 1.165) is 12.8 Å². The van der Waals surface area contributed by atoms with Crippen molar-refractivity contribution in [2.45, 2.75) is 44.4 Å². The molecule has 0 saturated heterocycles. The van der Waals surface area contributed by atoms with Gasteiger partial charge < -0.3 is 10.5 Å². The van der Waals surface area contributed by atoms with Gasteiger partial charge in [0.2, 0.25) is 0 Å². The normalized spacial score (nSPS) is 16.5. The summed E-state index contributed by atoms with van der Waals surface area (Å²) in [6.45, 7) is 2.75. The third-order valence-corrected chi connectivity index (χ3v) is 5.09. The molecule has 1 N–H and O–H groups in total. The van der Waals surface area contributed by atoms with Crippen molar-refractivity contribution in [1.82, 2.24) is 5.32 Å². The molecule has 4 heteroatoms. The Morgan fingerprint density at radius 3 is 2.54 bits per heavy atom. The molecule has 1 fully saturated rings. The van der Waals surface area contributed by atoms with E-state index in [1.165, 1.54) is 42.8 Å². The van der Waals surface area contributed by atoms with Gasteiger partial charge in [0.15, 0.2) is 12.4 Å². The SMILES string of the molecule is Cc1cccc(C2(CNC(=O)c3cc[n+]([O-])cc3)CCCCC2)c1. The number of aromatic nitrogens is 1. The second-order valence-corrected chi connectivity index (χ2v) is 6.84. The molecule has 1 heterocycles. The van der Waals surface area contributed by atoms with Gasteiger partial charge in [-0.1, -0.05) is 49.1 Å². The number of amides is 1. The maximum absolute atomic E-state index is 12.4. The number of hydrogen-bond donors (Lipinski definition) is 1. The van der Waals surface area contributed by atoms with E-state index in [1.54, 1.807) is 12.1 Å². The summed E-state index contributed by atoms with van der Waals surface area (Å²) in [5, 5.41) is 14.2. The highest BCUT2D eigenvalue weighted by Gasteiger charge is 2.34. The number of benzene rings is 1. The summed E-state index contributed by atoms with van der Waals surface area (Å²) in [6, 6.07) is 11.8. The first-order valence-electron chi connectivity index (χ1n) is 8.63. The van der Waals surface area contributed by atoms with E-state index >= 15 is 0 Å². The molecule has 4 nitrogen and oxygen atoms in total. The molecule has 0 aliphatic heterocycles. The summed E-state index contributed by atoms with van der Waals surface area (Å²) >= 11 is 0. The van der Waals surface area contributed by atoms with Crippen molar-refractivity contribution in [2.24, 2.45) is 0 Å². The smallest absolute Gasteiger partial charge is 0.251 e. The zero-order chi connectivity index (χ0) is 17.0. The molecule has 1 amide bonds. The molecule has 1 aliphatic carbocycles. The number of carbonyl (C=O) groups excluding carboxylic acids is 1. The fourth-order valence-corrected chi connectivity index (χ4v) is 3.69. The van der Waals surface area contributed by atoms with Gasteiger partial charge in [-0.15, -0.1) is 0 Å². The highest BCUT2D eigenvalue weighted by Crippen LogP contribution is 2.39. The number of pyridine rings is 1. The minimum Gasteiger partial charge on any atom is -0.619 e. The molecule has 0 unspecified atom stereocenters. The topological polar surface area (TPSA) is 56.0 Å². The van der Waals surface area contributed by atoms with Gasteiger partial charge in [-0.25, -0.2) is 0 Å². The highest BCUT2D eigenvalue weighted by molar-refractivity contribution is 5.93. The molecule has 1 aromatic carbocycles. The van der Waals surface area contributed by atoms with Crippen molar-refractivity contribution < 1.29 is 9.52 Å². The van der Waals surface area contributed by atoms with Crippen LogP contribution in [0.1, 0.15) is 53.6 Å². The van der Waals surface area contributed by atoms with Crippen LogP contribution in [0.25, 0.3) is 0 Å². The molecule has 0 atom stereocenters. The van der Waals surface area contributed by atoms with E-state index in [-0.39, 0.29) is 11.3 Å². The van der Waals surface area contributed by atoms with Crippen LogP contribution < -0.4 is 10.0 Å². The van der Waals surface area contributed by atoms with Crippen LogP contribution in [0, 0.1) is 12.1 Å². The zero-order valence-corrected chi connectivity index (χ0v) is 14.1. The van der Waals surface area contributed by atoms with Crippen molar-refractivity contribution >= 4 is 5.91 Å². The van der Waals surface area contributed by atoms with E-state index in [2.05, 4.69) is 36.5 Å². The first-order chi connectivity index (χ1) is 11.6. The summed E-state index contributed by atoms with van der Waals surface area (Å²) in [4.78, 5) is 12.4. The Labute approximate surface area is 143 Å². The van der Waals surface area contributed by atoms with Crippen LogP contribution >= 0.6 is 0 Å². The van der Waals surface area contributed by atoms with Crippen molar-refractivity contribution in [3.8, 4) is 0 Å². The van der Waals surface area contributed by atoms with Gasteiger partial charge >= 0.3 is 0 Å². The third-order valence-electron chi connectivity index (χ3n) is 5.09. The predicted molar refractivity (Wildman–Crippen MR) is 93.7 cm³/mol. The quantitative estimate of drug-likeness (QED) is 0.693. The fourth-order valence-electron chi connectivity index (χ4n) is 3.69. The van der Waals surface area contributed by atoms with Crippen molar-refractivity contribution in [1.29, 1.82) is 0 Å². The molecule has 0 bridgehead atoms. The second kappa shape index (κ2) is 7.04. The van der Waals surface area contributed by atoms with E-state index in [4.69, 9.17) is 0 Å². The van der Waals surface area contributed by atoms with Gasteiger partial charge in [-0.2, -0.15) is 4.73 Å². The Bertz CT molecular complexity index is 704. The average molecular weight is 324 g/mol. The second-order valence-electron chi connectivity index (χ2n) is 6.84. The molecule has 24 heavy (non-hydrogen) atoms. The van der Waals surface area contributed by atoms with Gasteiger partial charge in [-0.3, -0.25) is 4.79 Å². The van der Waals surface area contributed by atoms with Gasteiger partial charge in [0.1, 0.15) is 0 Å². The zero-order valence-electron chi connectivity index (χ0n) is 14.1. The predicted octanol–water partition coefficient (Wildman–Crippen LogP) is 3.26. The lowest BCUT2D eigenvalue weighted by Gasteiger charge is -2.38. The standard InChI is InChI=1S/C20H24N2O2/c1-16-6-5-7-18(14-16)20(10-3-2-4-11-20)15-21-19(23)17-8-12-22(24)13-9-17/h5-9,12-14H,2-4,10-11,15H2,1H3,(H,21,23). The third kappa shape index (κ3) is 3.58. The fraction of sp³-hybridized carbons (Fsp3) is 0.400. The molecule has 1 saturated carbocycles. The first-order valence-corrected chi connectivity index (χ1v) is 8.63. The van der Waals surface area contributed by atoms with Crippen LogP contribution in [0.15, 0.2) is 48.8 Å². The van der Waals surface area contributed by atoms with Gasteiger partial charge in [0.05, 0.1) is 5.56 Å². The maximum Gasteiger partial charge on any atom is 0.251 e. The summed E-state index contributed by atoms with van der Waals surface area (Å²) in [5.41, 5.74) is 3.13. The summed E-state index contributed by atoms with van der Waals surface area (Å²) < 4.78 is 0.687. The molecule has 126 valence electrons. The molecule has 2 aromatic rings. The van der Waals surface area contributed by atoms with Crippen LogP contribution in [0.4, 0.5) is 0 Å². The van der Waals surface area contributed by atoms with E-state index in [9.17, 15) is 10.0 Å². The monoisotopic (exact) mass is 324 g/mol. The minimum absolute atomic E-state index is 0.0210. The number of hydrogen-bond acceptors (Lipinski definition) is 2. The van der Waals surface area contributed by atoms with Crippen LogP contribution in [-0.2, 0) is 5.41 Å². The number of nitrogens with one attached hydrogen (secondary N) is 1. The van der Waals surface area contributed by atoms with Gasteiger partial charge in [0, 0.05) is 24.1 Å². The lowest BCUT2D eigenvalue weighted by atomic mass is 9.69. The number of rotatable bonds is 4. The Balaban J connectivity index is 1.77. The Morgan fingerprint density at radius 2 is 1.88 bits per heavy atom. The number of nitrogens with zero attached hydrogens (tertiary/aromatic N) is 1. The Kier molecular flexibility index (Phi) is 4.84. The lowest BCUT2D eigenvalue weighted by Crippen LogP contribution is -2.42. The van der Waals surface area contributed by atoms with Crippen molar-refractivity contribution in [2.75, 3.05) is 6.54 Å². The molecular weight excluding hydrogens is 300 g/mol. The average Bonchev–Trinajstić information content (AvgIpc) is 2.61. The Hall–Kier alpha value is -2.36. The van der Waals surface area contributed by atoms with E-state index < -0.39 is 0 Å². The number of carbonyl (C=O) groups is 1. The van der Waals surface area contributed by atoms with Crippen LogP contribution in [0.5, 0.6) is 0 Å². The molecule has 0 radical (unpaired) electrons. The Morgan fingerprint density at radius 1 is 1.17 bits per heavy atom. The summed E-state index contributed by atoms with van der Waals surface area (Å²) in [7, 11) is 0. The van der Waals surface area contributed by atoms with E-state index in [0.29, 0.717) is 16.8 Å². The lowest BCUT2D eigenvalue weighted by molar-refractivity contribution is -0.605. The molecule has 0 spiro atoms. The maximum atomic E-state index is 12.4. The minimum atomic E-state index is -0.117. The van der Waals surface area contributed by atoms with Crippen LogP contribution in [0.2, 0.25) is 0 Å². The van der Waals surface area contributed by atoms with E-state index in [1.807, 2.05) is 0 Å². The van der Waals surface area contributed by atoms with Crippen molar-refractivity contribution in [3.05, 3.63) is 70.7 Å². The van der Waals surface area contributed by atoms with Gasteiger partial charge in [0.25, 0.3) is 5.91 Å². The largest absolute Gasteiger partial charge is 0.619 e.